The second kappa shape index (κ2) is 10.5. The van der Waals surface area contributed by atoms with E-state index in [1.54, 1.807) is 30.8 Å². The number of hydrogen-bond acceptors (Lipinski definition) is 6. The van der Waals surface area contributed by atoms with Crippen LogP contribution in [0.5, 0.6) is 5.75 Å². The van der Waals surface area contributed by atoms with Gasteiger partial charge in [0, 0.05) is 24.0 Å². The molecule has 180 valence electrons. The molecular formula is C24H33ClN4O4. The summed E-state index contributed by atoms with van der Waals surface area (Å²) in [4.78, 5) is 34.4. The first-order chi connectivity index (χ1) is 15.7. The van der Waals surface area contributed by atoms with Gasteiger partial charge in [-0.2, -0.15) is 4.98 Å². The molecule has 1 saturated heterocycles. The predicted octanol–water partition coefficient (Wildman–Crippen LogP) is 4.30. The van der Waals surface area contributed by atoms with Gasteiger partial charge in [-0.05, 0) is 59.1 Å². The van der Waals surface area contributed by atoms with Crippen LogP contribution in [-0.4, -0.2) is 63.9 Å². The zero-order chi connectivity index (χ0) is 24.2. The number of ether oxygens (including phenoxy) is 1. The van der Waals surface area contributed by atoms with Crippen LogP contribution >= 0.6 is 11.6 Å². The Kier molecular flexibility index (Phi) is 8.00. The molecule has 1 aromatic carbocycles. The Bertz CT molecular complexity index is 975. The number of hydrogen-bond donors (Lipinski definition) is 0. The van der Waals surface area contributed by atoms with Crippen LogP contribution in [0.15, 0.2) is 28.8 Å². The second-order valence-electron chi connectivity index (χ2n) is 9.33. The number of amides is 2. The Labute approximate surface area is 200 Å². The van der Waals surface area contributed by atoms with E-state index in [1.165, 1.54) is 0 Å². The summed E-state index contributed by atoms with van der Waals surface area (Å²) in [6.07, 6.45) is 2.58. The first-order valence-corrected chi connectivity index (χ1v) is 11.9. The molecule has 2 heterocycles. The molecular weight excluding hydrogens is 444 g/mol. The van der Waals surface area contributed by atoms with Crippen LogP contribution in [0.3, 0.4) is 0 Å². The maximum absolute atomic E-state index is 13.4. The van der Waals surface area contributed by atoms with E-state index >= 15 is 0 Å². The number of methoxy groups -OCH3 is 1. The number of nitrogens with zero attached hydrogens (tertiary/aromatic N) is 4. The standard InChI is InChI=1S/C24H33ClN4O4/c1-16(2)29(23(31)24(3,4)15-25)14-20(30)28-12-7-6-11-19(28)22-26-21(27-33-22)17-9-8-10-18(13-17)32-5/h8-10,13,16,19H,6-7,11-12,14-15H2,1-5H3. The maximum atomic E-state index is 13.4. The highest BCUT2D eigenvalue weighted by atomic mass is 35.5. The third kappa shape index (κ3) is 5.66. The third-order valence-corrected chi connectivity index (χ3v) is 6.65. The summed E-state index contributed by atoms with van der Waals surface area (Å²) in [6, 6.07) is 6.98. The van der Waals surface area contributed by atoms with E-state index in [2.05, 4.69) is 10.1 Å². The second-order valence-corrected chi connectivity index (χ2v) is 9.60. The van der Waals surface area contributed by atoms with Crippen molar-refractivity contribution in [3.63, 3.8) is 0 Å². The number of likely N-dealkylation sites (tertiary alicyclic amines) is 1. The fourth-order valence-electron chi connectivity index (χ4n) is 3.91. The highest BCUT2D eigenvalue weighted by Crippen LogP contribution is 2.32. The molecule has 0 saturated carbocycles. The Morgan fingerprint density at radius 2 is 2.09 bits per heavy atom. The van der Waals surface area contributed by atoms with Crippen molar-refractivity contribution in [1.29, 1.82) is 0 Å². The molecule has 1 aliphatic heterocycles. The Morgan fingerprint density at radius 3 is 2.76 bits per heavy atom. The monoisotopic (exact) mass is 476 g/mol. The Hall–Kier alpha value is -2.61. The van der Waals surface area contributed by atoms with Crippen LogP contribution in [-0.2, 0) is 9.59 Å². The van der Waals surface area contributed by atoms with Crippen molar-refractivity contribution >= 4 is 23.4 Å². The summed E-state index contributed by atoms with van der Waals surface area (Å²) in [5.74, 6) is 1.48. The molecule has 1 atom stereocenters. The molecule has 2 aromatic rings. The SMILES string of the molecule is COc1cccc(-c2noc(C3CCCCN3C(=O)CN(C(=O)C(C)(C)CCl)C(C)C)n2)c1. The molecule has 0 bridgehead atoms. The Balaban J connectivity index is 1.80. The molecule has 2 amide bonds. The van der Waals surface area contributed by atoms with Crippen LogP contribution in [0.1, 0.15) is 58.9 Å². The number of alkyl halides is 1. The fourth-order valence-corrected chi connectivity index (χ4v) is 4.02. The summed E-state index contributed by atoms with van der Waals surface area (Å²) < 4.78 is 10.9. The van der Waals surface area contributed by atoms with Crippen molar-refractivity contribution in [1.82, 2.24) is 19.9 Å². The predicted molar refractivity (Wildman–Crippen MR) is 126 cm³/mol. The normalized spacial score (nSPS) is 16.7. The van der Waals surface area contributed by atoms with Gasteiger partial charge in [-0.15, -0.1) is 11.6 Å². The van der Waals surface area contributed by atoms with Gasteiger partial charge in [-0.3, -0.25) is 9.59 Å². The van der Waals surface area contributed by atoms with Crippen molar-refractivity contribution < 1.29 is 18.8 Å². The number of piperidine rings is 1. The number of benzene rings is 1. The molecule has 9 heteroatoms. The summed E-state index contributed by atoms with van der Waals surface area (Å²) in [5.41, 5.74) is 0.0313. The molecule has 0 spiro atoms. The van der Waals surface area contributed by atoms with E-state index in [1.807, 2.05) is 38.1 Å². The minimum atomic E-state index is -0.745. The smallest absolute Gasteiger partial charge is 0.249 e. The van der Waals surface area contributed by atoms with Gasteiger partial charge in [-0.1, -0.05) is 17.3 Å². The lowest BCUT2D eigenvalue weighted by atomic mass is 9.93. The van der Waals surface area contributed by atoms with Crippen LogP contribution < -0.4 is 4.74 Å². The van der Waals surface area contributed by atoms with Gasteiger partial charge in [0.25, 0.3) is 0 Å². The highest BCUT2D eigenvalue weighted by molar-refractivity contribution is 6.19. The average molecular weight is 477 g/mol. The fraction of sp³-hybridized carbons (Fsp3) is 0.583. The van der Waals surface area contributed by atoms with Gasteiger partial charge >= 0.3 is 0 Å². The van der Waals surface area contributed by atoms with Gasteiger partial charge in [0.15, 0.2) is 0 Å². The number of carbonyl (C=O) groups is 2. The number of aromatic nitrogens is 2. The first kappa shape index (κ1) is 25.0. The molecule has 0 aliphatic carbocycles. The minimum absolute atomic E-state index is 0.00972. The van der Waals surface area contributed by atoms with Gasteiger partial charge in [0.2, 0.25) is 23.5 Å². The molecule has 8 nitrogen and oxygen atoms in total. The van der Waals surface area contributed by atoms with Crippen molar-refractivity contribution in [2.24, 2.45) is 5.41 Å². The lowest BCUT2D eigenvalue weighted by Crippen LogP contribution is -2.51. The van der Waals surface area contributed by atoms with E-state index in [0.717, 1.165) is 24.8 Å². The summed E-state index contributed by atoms with van der Waals surface area (Å²) >= 11 is 6.02. The van der Waals surface area contributed by atoms with E-state index in [9.17, 15) is 9.59 Å². The van der Waals surface area contributed by atoms with Crippen LogP contribution in [0.2, 0.25) is 0 Å². The molecule has 0 N–H and O–H groups in total. The van der Waals surface area contributed by atoms with Crippen LogP contribution in [0.25, 0.3) is 11.4 Å². The number of rotatable bonds is 8. The lowest BCUT2D eigenvalue weighted by Gasteiger charge is -2.38. The number of halogens is 1. The van der Waals surface area contributed by atoms with Crippen molar-refractivity contribution in [2.45, 2.75) is 59.0 Å². The Morgan fingerprint density at radius 1 is 1.33 bits per heavy atom. The van der Waals surface area contributed by atoms with E-state index in [0.29, 0.717) is 24.0 Å². The summed E-state index contributed by atoms with van der Waals surface area (Å²) in [7, 11) is 1.60. The molecule has 1 aromatic heterocycles. The zero-order valence-electron chi connectivity index (χ0n) is 20.0. The minimum Gasteiger partial charge on any atom is -0.497 e. The molecule has 1 unspecified atom stereocenters. The van der Waals surface area contributed by atoms with Gasteiger partial charge in [-0.25, -0.2) is 0 Å². The van der Waals surface area contributed by atoms with Crippen molar-refractivity contribution in [2.75, 3.05) is 26.1 Å². The van der Waals surface area contributed by atoms with E-state index in [-0.39, 0.29) is 36.3 Å². The highest BCUT2D eigenvalue weighted by Gasteiger charge is 2.37. The van der Waals surface area contributed by atoms with Crippen LogP contribution in [0, 0.1) is 5.41 Å². The van der Waals surface area contributed by atoms with E-state index in [4.69, 9.17) is 20.9 Å². The van der Waals surface area contributed by atoms with Crippen molar-refractivity contribution in [3.05, 3.63) is 30.2 Å². The average Bonchev–Trinajstić information content (AvgIpc) is 3.32. The lowest BCUT2D eigenvalue weighted by molar-refractivity contribution is -0.149. The maximum Gasteiger partial charge on any atom is 0.249 e. The zero-order valence-corrected chi connectivity index (χ0v) is 20.8. The summed E-state index contributed by atoms with van der Waals surface area (Å²) in [5, 5.41) is 4.13. The summed E-state index contributed by atoms with van der Waals surface area (Å²) in [6.45, 7) is 7.97. The van der Waals surface area contributed by atoms with Gasteiger partial charge < -0.3 is 19.1 Å². The van der Waals surface area contributed by atoms with Gasteiger partial charge in [0.05, 0.1) is 12.5 Å². The quantitative estimate of drug-likeness (QED) is 0.528. The topological polar surface area (TPSA) is 88.8 Å². The molecule has 1 fully saturated rings. The largest absolute Gasteiger partial charge is 0.497 e. The molecule has 1 aliphatic rings. The molecule has 0 radical (unpaired) electrons. The first-order valence-electron chi connectivity index (χ1n) is 11.3. The van der Waals surface area contributed by atoms with E-state index < -0.39 is 5.41 Å². The molecule has 3 rings (SSSR count). The van der Waals surface area contributed by atoms with Crippen LogP contribution in [0.4, 0.5) is 0 Å². The third-order valence-electron chi connectivity index (χ3n) is 5.98. The molecule has 33 heavy (non-hydrogen) atoms. The van der Waals surface area contributed by atoms with Gasteiger partial charge in [0.1, 0.15) is 18.3 Å². The van der Waals surface area contributed by atoms with Crippen molar-refractivity contribution in [3.8, 4) is 17.1 Å². The number of carbonyl (C=O) groups excluding carboxylic acids is 2.